The van der Waals surface area contributed by atoms with Gasteiger partial charge < -0.3 is 15.8 Å². The summed E-state index contributed by atoms with van der Waals surface area (Å²) < 4.78 is 5.14. The number of nitrogen functional groups attached to an aromatic ring is 1. The summed E-state index contributed by atoms with van der Waals surface area (Å²) in [7, 11) is 0. The predicted octanol–water partition coefficient (Wildman–Crippen LogP) is 3.78. The van der Waals surface area contributed by atoms with Gasteiger partial charge in [0.05, 0.1) is 23.0 Å². The van der Waals surface area contributed by atoms with Gasteiger partial charge in [0, 0.05) is 11.3 Å². The lowest BCUT2D eigenvalue weighted by atomic mass is 10.1. The van der Waals surface area contributed by atoms with Gasteiger partial charge in [-0.05, 0) is 51.1 Å². The Balaban J connectivity index is 2.20. The number of rotatable bonds is 5. The molecular formula is C18H20N2O3. The Morgan fingerprint density at radius 1 is 1.09 bits per heavy atom. The first-order chi connectivity index (χ1) is 10.9. The monoisotopic (exact) mass is 312 g/mol. The summed E-state index contributed by atoms with van der Waals surface area (Å²) in [6, 6.07) is 12.1. The Kier molecular flexibility index (Phi) is 5.01. The van der Waals surface area contributed by atoms with Crippen LogP contribution in [0.3, 0.4) is 0 Å². The number of carbonyl (C=O) groups excluding carboxylic acids is 2. The van der Waals surface area contributed by atoms with Gasteiger partial charge in [-0.15, -0.1) is 0 Å². The quantitative estimate of drug-likeness (QED) is 0.499. The second-order valence-electron chi connectivity index (χ2n) is 5.52. The number of Topliss-reactive ketones (excluding diaryl/α,β-unsaturated/α-hetero) is 1. The Labute approximate surface area is 135 Å². The van der Waals surface area contributed by atoms with E-state index in [2.05, 4.69) is 5.32 Å². The van der Waals surface area contributed by atoms with Gasteiger partial charge >= 0.3 is 5.97 Å². The number of hydrogen-bond acceptors (Lipinski definition) is 5. The highest BCUT2D eigenvalue weighted by Crippen LogP contribution is 2.25. The number of esters is 1. The Hall–Kier alpha value is -2.82. The van der Waals surface area contributed by atoms with Crippen molar-refractivity contribution in [2.45, 2.75) is 26.9 Å². The maximum atomic E-state index is 11.9. The molecule has 0 heterocycles. The van der Waals surface area contributed by atoms with Crippen LogP contribution in [0.15, 0.2) is 42.5 Å². The average Bonchev–Trinajstić information content (AvgIpc) is 2.49. The molecule has 0 aliphatic carbocycles. The summed E-state index contributed by atoms with van der Waals surface area (Å²) in [5, 5.41) is 3.15. The van der Waals surface area contributed by atoms with Crippen molar-refractivity contribution < 1.29 is 14.3 Å². The van der Waals surface area contributed by atoms with Gasteiger partial charge in [0.2, 0.25) is 0 Å². The first-order valence-corrected chi connectivity index (χ1v) is 7.35. The van der Waals surface area contributed by atoms with Crippen molar-refractivity contribution in [3.63, 3.8) is 0 Å². The molecule has 0 spiro atoms. The zero-order valence-electron chi connectivity index (χ0n) is 13.4. The van der Waals surface area contributed by atoms with Crippen LogP contribution in [0.25, 0.3) is 0 Å². The lowest BCUT2D eigenvalue weighted by Gasteiger charge is -2.12. The molecule has 5 nitrogen and oxygen atoms in total. The molecule has 0 amide bonds. The van der Waals surface area contributed by atoms with Gasteiger partial charge in [0.25, 0.3) is 0 Å². The SMILES string of the molecule is CC(=O)c1cccc(Nc2ccc(C(=O)OC(C)C)cc2N)c1. The highest BCUT2D eigenvalue weighted by molar-refractivity contribution is 5.95. The molecule has 5 heteroatoms. The molecule has 0 bridgehead atoms. The standard InChI is InChI=1S/C18H20N2O3/c1-11(2)23-18(22)14-7-8-17(16(19)10-14)20-15-6-4-5-13(9-15)12(3)21/h4-11,20H,19H2,1-3H3. The number of nitrogens with two attached hydrogens (primary N) is 1. The van der Waals surface area contributed by atoms with Crippen LogP contribution >= 0.6 is 0 Å². The van der Waals surface area contributed by atoms with Crippen molar-refractivity contribution in [2.75, 3.05) is 11.1 Å². The van der Waals surface area contributed by atoms with Gasteiger partial charge in [-0.2, -0.15) is 0 Å². The molecule has 0 radical (unpaired) electrons. The summed E-state index contributed by atoms with van der Waals surface area (Å²) in [5.74, 6) is -0.412. The number of nitrogens with one attached hydrogen (secondary N) is 1. The van der Waals surface area contributed by atoms with Crippen LogP contribution in [-0.2, 0) is 4.74 Å². The van der Waals surface area contributed by atoms with E-state index in [-0.39, 0.29) is 11.9 Å². The number of anilines is 3. The maximum absolute atomic E-state index is 11.9. The lowest BCUT2D eigenvalue weighted by molar-refractivity contribution is 0.0378. The van der Waals surface area contributed by atoms with Crippen LogP contribution in [0.1, 0.15) is 41.5 Å². The van der Waals surface area contributed by atoms with E-state index in [1.54, 1.807) is 50.2 Å². The molecule has 0 fully saturated rings. The first-order valence-electron chi connectivity index (χ1n) is 7.35. The average molecular weight is 312 g/mol. The van der Waals surface area contributed by atoms with E-state index in [1.807, 2.05) is 6.07 Å². The van der Waals surface area contributed by atoms with Crippen molar-refractivity contribution in [1.29, 1.82) is 0 Å². The smallest absolute Gasteiger partial charge is 0.338 e. The van der Waals surface area contributed by atoms with E-state index in [4.69, 9.17) is 10.5 Å². The summed E-state index contributed by atoms with van der Waals surface area (Å²) in [5.41, 5.74) is 8.86. The Morgan fingerprint density at radius 3 is 2.43 bits per heavy atom. The van der Waals surface area contributed by atoms with E-state index in [0.29, 0.717) is 22.5 Å². The number of ether oxygens (including phenoxy) is 1. The topological polar surface area (TPSA) is 81.4 Å². The molecule has 0 aliphatic rings. The van der Waals surface area contributed by atoms with Crippen molar-refractivity contribution in [3.8, 4) is 0 Å². The number of carbonyl (C=O) groups is 2. The van der Waals surface area contributed by atoms with Crippen LogP contribution in [0.2, 0.25) is 0 Å². The number of hydrogen-bond donors (Lipinski definition) is 2. The fraction of sp³-hybridized carbons (Fsp3) is 0.222. The molecule has 0 unspecified atom stereocenters. The normalized spacial score (nSPS) is 10.4. The van der Waals surface area contributed by atoms with Gasteiger partial charge in [0.1, 0.15) is 0 Å². The molecule has 0 aliphatic heterocycles. The highest BCUT2D eigenvalue weighted by Gasteiger charge is 2.11. The van der Waals surface area contributed by atoms with Gasteiger partial charge in [-0.1, -0.05) is 12.1 Å². The predicted molar refractivity (Wildman–Crippen MR) is 91.1 cm³/mol. The van der Waals surface area contributed by atoms with Crippen molar-refractivity contribution in [1.82, 2.24) is 0 Å². The van der Waals surface area contributed by atoms with E-state index in [9.17, 15) is 9.59 Å². The summed E-state index contributed by atoms with van der Waals surface area (Å²) in [6.07, 6.45) is -0.184. The van der Waals surface area contributed by atoms with Crippen LogP contribution in [-0.4, -0.2) is 17.9 Å². The van der Waals surface area contributed by atoms with E-state index < -0.39 is 5.97 Å². The molecule has 2 aromatic rings. The number of benzene rings is 2. The molecule has 0 saturated carbocycles. The zero-order valence-corrected chi connectivity index (χ0v) is 13.4. The van der Waals surface area contributed by atoms with Gasteiger partial charge in [-0.3, -0.25) is 4.79 Å². The number of ketones is 1. The molecule has 0 aromatic heterocycles. The minimum absolute atomic E-state index is 0.00611. The van der Waals surface area contributed by atoms with Crippen molar-refractivity contribution in [3.05, 3.63) is 53.6 Å². The molecule has 2 rings (SSSR count). The zero-order chi connectivity index (χ0) is 17.0. The molecule has 0 saturated heterocycles. The molecule has 2 aromatic carbocycles. The van der Waals surface area contributed by atoms with Crippen LogP contribution in [0.5, 0.6) is 0 Å². The summed E-state index contributed by atoms with van der Waals surface area (Å²) in [4.78, 5) is 23.3. The lowest BCUT2D eigenvalue weighted by Crippen LogP contribution is -2.12. The van der Waals surface area contributed by atoms with Gasteiger partial charge in [-0.25, -0.2) is 4.79 Å². The van der Waals surface area contributed by atoms with E-state index in [1.165, 1.54) is 6.92 Å². The Bertz CT molecular complexity index is 739. The third-order valence-corrected chi connectivity index (χ3v) is 3.18. The molecule has 0 atom stereocenters. The maximum Gasteiger partial charge on any atom is 0.338 e. The largest absolute Gasteiger partial charge is 0.459 e. The van der Waals surface area contributed by atoms with Crippen LogP contribution in [0, 0.1) is 0 Å². The minimum Gasteiger partial charge on any atom is -0.459 e. The summed E-state index contributed by atoms with van der Waals surface area (Å²) in [6.45, 7) is 5.10. The second-order valence-corrected chi connectivity index (χ2v) is 5.52. The van der Waals surface area contributed by atoms with Crippen LogP contribution in [0.4, 0.5) is 17.1 Å². The van der Waals surface area contributed by atoms with Crippen molar-refractivity contribution in [2.24, 2.45) is 0 Å². The first kappa shape index (κ1) is 16.5. The highest BCUT2D eigenvalue weighted by atomic mass is 16.5. The van der Waals surface area contributed by atoms with Crippen LogP contribution < -0.4 is 11.1 Å². The minimum atomic E-state index is -0.406. The third kappa shape index (κ3) is 4.32. The van der Waals surface area contributed by atoms with Crippen molar-refractivity contribution >= 4 is 28.8 Å². The molecule has 3 N–H and O–H groups in total. The fourth-order valence-corrected chi connectivity index (χ4v) is 2.06. The third-order valence-electron chi connectivity index (χ3n) is 3.18. The fourth-order valence-electron chi connectivity index (χ4n) is 2.06. The Morgan fingerprint density at radius 2 is 1.83 bits per heavy atom. The molecule has 120 valence electrons. The van der Waals surface area contributed by atoms with E-state index >= 15 is 0 Å². The molecular weight excluding hydrogens is 292 g/mol. The second kappa shape index (κ2) is 6.96. The van der Waals surface area contributed by atoms with E-state index in [0.717, 1.165) is 5.69 Å². The molecule has 23 heavy (non-hydrogen) atoms. The summed E-state index contributed by atoms with van der Waals surface area (Å²) >= 11 is 0. The van der Waals surface area contributed by atoms with Gasteiger partial charge in [0.15, 0.2) is 5.78 Å².